The number of hydrogen-bond acceptors (Lipinski definition) is 0. The summed E-state index contributed by atoms with van der Waals surface area (Å²) in [4.78, 5) is 0. The van der Waals surface area contributed by atoms with Gasteiger partial charge in [-0.1, -0.05) is 13.3 Å². The summed E-state index contributed by atoms with van der Waals surface area (Å²) in [7, 11) is 0. The molecule has 3 saturated carbocycles. The molecule has 0 aromatic heterocycles. The summed E-state index contributed by atoms with van der Waals surface area (Å²) in [5.41, 5.74) is 0.950. The van der Waals surface area contributed by atoms with E-state index in [1.807, 2.05) is 0 Å². The summed E-state index contributed by atoms with van der Waals surface area (Å²) in [5, 5.41) is 0. The van der Waals surface area contributed by atoms with Crippen LogP contribution in [0, 0.1) is 23.2 Å². The third-order valence-electron chi connectivity index (χ3n) is 4.53. The highest BCUT2D eigenvalue weighted by Crippen LogP contribution is 2.76. The SMILES string of the molecule is CCC1C2CCC3(C2)CC13. The molecule has 0 saturated heterocycles. The Labute approximate surface area is 63.0 Å². The lowest BCUT2D eigenvalue weighted by Gasteiger charge is -2.19. The van der Waals surface area contributed by atoms with Crippen LogP contribution in [-0.2, 0) is 0 Å². The zero-order valence-corrected chi connectivity index (χ0v) is 6.77. The Bertz CT molecular complexity index is 169. The van der Waals surface area contributed by atoms with Crippen LogP contribution in [-0.4, -0.2) is 0 Å². The second kappa shape index (κ2) is 1.44. The van der Waals surface area contributed by atoms with Crippen molar-refractivity contribution in [2.45, 2.75) is 39.0 Å². The first-order chi connectivity index (χ1) is 4.86. The monoisotopic (exact) mass is 136 g/mol. The van der Waals surface area contributed by atoms with Gasteiger partial charge in [-0.2, -0.15) is 0 Å². The summed E-state index contributed by atoms with van der Waals surface area (Å²) in [6.45, 7) is 2.39. The van der Waals surface area contributed by atoms with Crippen LogP contribution in [0.2, 0.25) is 0 Å². The lowest BCUT2D eigenvalue weighted by atomic mass is 9.86. The summed E-state index contributed by atoms with van der Waals surface area (Å²) >= 11 is 0. The molecule has 0 amide bonds. The summed E-state index contributed by atoms with van der Waals surface area (Å²) in [5.74, 6) is 3.54. The topological polar surface area (TPSA) is 0 Å². The van der Waals surface area contributed by atoms with Gasteiger partial charge in [-0.05, 0) is 48.9 Å². The molecule has 0 radical (unpaired) electrons. The van der Waals surface area contributed by atoms with E-state index in [-0.39, 0.29) is 0 Å². The highest BCUT2D eigenvalue weighted by molar-refractivity contribution is 5.16. The van der Waals surface area contributed by atoms with Gasteiger partial charge in [-0.25, -0.2) is 0 Å². The van der Waals surface area contributed by atoms with E-state index >= 15 is 0 Å². The molecular formula is C10H16. The predicted octanol–water partition coefficient (Wildman–Crippen LogP) is 2.83. The first-order valence-corrected chi connectivity index (χ1v) is 4.86. The van der Waals surface area contributed by atoms with Crippen LogP contribution in [0.5, 0.6) is 0 Å². The van der Waals surface area contributed by atoms with Crippen molar-refractivity contribution in [3.05, 3.63) is 0 Å². The molecule has 1 spiro atoms. The first-order valence-electron chi connectivity index (χ1n) is 4.86. The van der Waals surface area contributed by atoms with Crippen LogP contribution >= 0.6 is 0 Å². The van der Waals surface area contributed by atoms with Gasteiger partial charge in [0, 0.05) is 0 Å². The van der Waals surface area contributed by atoms with Gasteiger partial charge in [0.25, 0.3) is 0 Å². The van der Waals surface area contributed by atoms with Gasteiger partial charge in [0.05, 0.1) is 0 Å². The van der Waals surface area contributed by atoms with Crippen molar-refractivity contribution in [2.75, 3.05) is 0 Å². The molecule has 0 aromatic rings. The van der Waals surface area contributed by atoms with Crippen molar-refractivity contribution in [3.8, 4) is 0 Å². The fourth-order valence-corrected chi connectivity index (χ4v) is 4.02. The van der Waals surface area contributed by atoms with Crippen LogP contribution < -0.4 is 0 Å². The molecule has 0 N–H and O–H groups in total. The molecule has 3 rings (SSSR count). The molecule has 0 heteroatoms. The molecule has 10 heavy (non-hydrogen) atoms. The molecule has 0 nitrogen and oxygen atoms in total. The van der Waals surface area contributed by atoms with Gasteiger partial charge in [0.2, 0.25) is 0 Å². The largest absolute Gasteiger partial charge is 0.0651 e. The van der Waals surface area contributed by atoms with Crippen molar-refractivity contribution in [3.63, 3.8) is 0 Å². The molecule has 56 valence electrons. The Morgan fingerprint density at radius 2 is 2.30 bits per heavy atom. The van der Waals surface area contributed by atoms with Gasteiger partial charge >= 0.3 is 0 Å². The lowest BCUT2D eigenvalue weighted by molar-refractivity contribution is 0.305. The Morgan fingerprint density at radius 3 is 2.80 bits per heavy atom. The first kappa shape index (κ1) is 5.62. The van der Waals surface area contributed by atoms with E-state index in [0.29, 0.717) is 0 Å². The van der Waals surface area contributed by atoms with Crippen molar-refractivity contribution in [1.29, 1.82) is 0 Å². The average Bonchev–Trinajstić information content (AvgIpc) is 2.36. The number of rotatable bonds is 1. The van der Waals surface area contributed by atoms with Gasteiger partial charge in [-0.15, -0.1) is 0 Å². The van der Waals surface area contributed by atoms with Crippen LogP contribution in [0.3, 0.4) is 0 Å². The summed E-state index contributed by atoms with van der Waals surface area (Å²) in [6.07, 6.45) is 7.88. The molecule has 2 bridgehead atoms. The van der Waals surface area contributed by atoms with Gasteiger partial charge in [0.1, 0.15) is 0 Å². The maximum atomic E-state index is 2.39. The number of fused-ring (bicyclic) bond motifs is 1. The molecule has 0 aliphatic heterocycles. The van der Waals surface area contributed by atoms with Crippen LogP contribution in [0.15, 0.2) is 0 Å². The normalized spacial score (nSPS) is 62.7. The third-order valence-corrected chi connectivity index (χ3v) is 4.53. The van der Waals surface area contributed by atoms with Crippen LogP contribution in [0.4, 0.5) is 0 Å². The third kappa shape index (κ3) is 0.436. The minimum Gasteiger partial charge on any atom is -0.0651 e. The maximum Gasteiger partial charge on any atom is -0.0260 e. The lowest BCUT2D eigenvalue weighted by Crippen LogP contribution is -2.11. The van der Waals surface area contributed by atoms with Crippen LogP contribution in [0.25, 0.3) is 0 Å². The second-order valence-corrected chi connectivity index (χ2v) is 4.75. The smallest absolute Gasteiger partial charge is 0.0260 e. The van der Waals surface area contributed by atoms with E-state index in [1.165, 1.54) is 18.3 Å². The molecule has 4 atom stereocenters. The van der Waals surface area contributed by atoms with Gasteiger partial charge in [-0.3, -0.25) is 0 Å². The summed E-state index contributed by atoms with van der Waals surface area (Å²) in [6, 6.07) is 0. The molecule has 0 heterocycles. The van der Waals surface area contributed by atoms with E-state index in [4.69, 9.17) is 0 Å². The Morgan fingerprint density at radius 1 is 1.40 bits per heavy atom. The van der Waals surface area contributed by atoms with Crippen LogP contribution in [0.1, 0.15) is 39.0 Å². The van der Waals surface area contributed by atoms with E-state index in [9.17, 15) is 0 Å². The Balaban J connectivity index is 1.92. The van der Waals surface area contributed by atoms with E-state index < -0.39 is 0 Å². The van der Waals surface area contributed by atoms with Crippen molar-refractivity contribution >= 4 is 0 Å². The molecule has 3 aliphatic carbocycles. The second-order valence-electron chi connectivity index (χ2n) is 4.75. The average molecular weight is 136 g/mol. The molecule has 0 aromatic carbocycles. The Kier molecular flexibility index (Phi) is 0.810. The van der Waals surface area contributed by atoms with Gasteiger partial charge < -0.3 is 0 Å². The zero-order valence-electron chi connectivity index (χ0n) is 6.77. The highest BCUT2D eigenvalue weighted by Gasteiger charge is 2.67. The summed E-state index contributed by atoms with van der Waals surface area (Å²) < 4.78 is 0. The highest BCUT2D eigenvalue weighted by atomic mass is 14.7. The van der Waals surface area contributed by atoms with E-state index in [2.05, 4.69) is 6.92 Å². The Hall–Kier alpha value is 0. The minimum absolute atomic E-state index is 0.950. The molecule has 3 aliphatic rings. The molecule has 4 unspecified atom stereocenters. The van der Waals surface area contributed by atoms with Crippen molar-refractivity contribution < 1.29 is 0 Å². The van der Waals surface area contributed by atoms with Crippen molar-refractivity contribution in [2.24, 2.45) is 23.2 Å². The standard InChI is InChI=1S/C10H16/c1-2-8-7-3-4-10(5-7)6-9(8)10/h7-9H,2-6H2,1H3. The number of hydrogen-bond donors (Lipinski definition) is 0. The molecule has 3 fully saturated rings. The van der Waals surface area contributed by atoms with E-state index in [1.54, 1.807) is 25.7 Å². The predicted molar refractivity (Wildman–Crippen MR) is 41.7 cm³/mol. The van der Waals surface area contributed by atoms with Gasteiger partial charge in [0.15, 0.2) is 0 Å². The quantitative estimate of drug-likeness (QED) is 0.520. The fraction of sp³-hybridized carbons (Fsp3) is 1.00. The maximum absolute atomic E-state index is 2.39. The zero-order chi connectivity index (χ0) is 6.77. The fourth-order valence-electron chi connectivity index (χ4n) is 4.02. The van der Waals surface area contributed by atoms with E-state index in [0.717, 1.165) is 11.3 Å². The van der Waals surface area contributed by atoms with Crippen molar-refractivity contribution in [1.82, 2.24) is 0 Å². The molecular weight excluding hydrogens is 120 g/mol. The minimum atomic E-state index is 0.950.